The summed E-state index contributed by atoms with van der Waals surface area (Å²) in [5, 5.41) is 2.85. The summed E-state index contributed by atoms with van der Waals surface area (Å²) in [6, 6.07) is 0. The summed E-state index contributed by atoms with van der Waals surface area (Å²) >= 11 is 0. The second-order valence-corrected chi connectivity index (χ2v) is 3.87. The SMILES string of the molecule is Cl.FC(F)(F)[C@@]12CCC[C@@H]1CNC2. The Morgan fingerprint density at radius 2 is 2.00 bits per heavy atom. The lowest BCUT2D eigenvalue weighted by molar-refractivity contribution is -0.224. The van der Waals surface area contributed by atoms with Crippen molar-refractivity contribution in [2.75, 3.05) is 13.1 Å². The van der Waals surface area contributed by atoms with Crippen LogP contribution in [0.3, 0.4) is 0 Å². The van der Waals surface area contributed by atoms with Gasteiger partial charge in [-0.15, -0.1) is 12.4 Å². The van der Waals surface area contributed by atoms with Gasteiger partial charge in [0, 0.05) is 6.54 Å². The molecule has 1 aliphatic carbocycles. The zero-order chi connectivity index (χ0) is 8.82. The van der Waals surface area contributed by atoms with Gasteiger partial charge < -0.3 is 5.32 Å². The third kappa shape index (κ3) is 1.44. The highest BCUT2D eigenvalue weighted by Crippen LogP contribution is 2.55. The first-order valence-electron chi connectivity index (χ1n) is 4.34. The van der Waals surface area contributed by atoms with Crippen molar-refractivity contribution in [2.45, 2.75) is 25.4 Å². The lowest BCUT2D eigenvalue weighted by Crippen LogP contribution is -2.41. The molecule has 13 heavy (non-hydrogen) atoms. The topological polar surface area (TPSA) is 12.0 Å². The standard InChI is InChI=1S/C8H12F3N.ClH/c9-8(10,11)7-3-1-2-6(7)4-12-5-7;/h6,12H,1-5H2;1H/t6-,7-;/m1./s1. The van der Waals surface area contributed by atoms with Gasteiger partial charge in [-0.05, 0) is 25.3 Å². The molecule has 5 heteroatoms. The summed E-state index contributed by atoms with van der Waals surface area (Å²) in [5.74, 6) is -0.155. The number of halogens is 4. The van der Waals surface area contributed by atoms with E-state index in [2.05, 4.69) is 5.32 Å². The van der Waals surface area contributed by atoms with Gasteiger partial charge in [-0.1, -0.05) is 6.42 Å². The van der Waals surface area contributed by atoms with E-state index in [1.165, 1.54) is 0 Å². The highest BCUT2D eigenvalue weighted by Gasteiger charge is 2.62. The third-order valence-corrected chi connectivity index (χ3v) is 3.35. The monoisotopic (exact) mass is 215 g/mol. The van der Waals surface area contributed by atoms with Crippen LogP contribution >= 0.6 is 12.4 Å². The number of hydrogen-bond acceptors (Lipinski definition) is 1. The Labute approximate surface area is 81.5 Å². The highest BCUT2D eigenvalue weighted by molar-refractivity contribution is 5.85. The van der Waals surface area contributed by atoms with Gasteiger partial charge in [0.25, 0.3) is 0 Å². The molecule has 1 N–H and O–H groups in total. The Balaban J connectivity index is 0.000000845. The molecular weight excluding hydrogens is 203 g/mol. The lowest BCUT2D eigenvalue weighted by atomic mass is 9.80. The highest BCUT2D eigenvalue weighted by atomic mass is 35.5. The normalized spacial score (nSPS) is 38.5. The van der Waals surface area contributed by atoms with E-state index >= 15 is 0 Å². The van der Waals surface area contributed by atoms with E-state index in [9.17, 15) is 13.2 Å². The second kappa shape index (κ2) is 3.31. The summed E-state index contributed by atoms with van der Waals surface area (Å²) in [6.45, 7) is 0.695. The first-order chi connectivity index (χ1) is 5.56. The number of alkyl halides is 3. The predicted octanol–water partition coefficient (Wildman–Crippen LogP) is 2.36. The van der Waals surface area contributed by atoms with Crippen molar-refractivity contribution in [2.24, 2.45) is 11.3 Å². The molecule has 2 aliphatic rings. The van der Waals surface area contributed by atoms with Gasteiger partial charge in [0.2, 0.25) is 0 Å². The molecule has 78 valence electrons. The maximum absolute atomic E-state index is 12.7. The molecule has 0 amide bonds. The van der Waals surface area contributed by atoms with Crippen molar-refractivity contribution in [1.82, 2.24) is 5.32 Å². The van der Waals surface area contributed by atoms with Crippen molar-refractivity contribution < 1.29 is 13.2 Å². The number of nitrogens with one attached hydrogen (secondary N) is 1. The summed E-state index contributed by atoms with van der Waals surface area (Å²) in [7, 11) is 0. The lowest BCUT2D eigenvalue weighted by Gasteiger charge is -2.30. The first-order valence-corrected chi connectivity index (χ1v) is 4.34. The Morgan fingerprint density at radius 3 is 2.54 bits per heavy atom. The van der Waals surface area contributed by atoms with Crippen molar-refractivity contribution >= 4 is 12.4 Å². The fraction of sp³-hybridized carbons (Fsp3) is 1.00. The number of fused-ring (bicyclic) bond motifs is 1. The summed E-state index contributed by atoms with van der Waals surface area (Å²) in [6.07, 6.45) is -2.19. The molecule has 1 saturated carbocycles. The van der Waals surface area contributed by atoms with E-state index in [1.807, 2.05) is 0 Å². The minimum absolute atomic E-state index is 0. The summed E-state index contributed by atoms with van der Waals surface area (Å²) < 4.78 is 38.0. The number of hydrogen-bond donors (Lipinski definition) is 1. The van der Waals surface area contributed by atoms with E-state index in [-0.39, 0.29) is 24.9 Å². The maximum atomic E-state index is 12.7. The van der Waals surface area contributed by atoms with E-state index in [0.29, 0.717) is 13.0 Å². The fourth-order valence-corrected chi connectivity index (χ4v) is 2.62. The molecule has 0 unspecified atom stereocenters. The molecule has 0 aromatic heterocycles. The van der Waals surface area contributed by atoms with Crippen molar-refractivity contribution in [1.29, 1.82) is 0 Å². The van der Waals surface area contributed by atoms with Crippen LogP contribution in [0.15, 0.2) is 0 Å². The molecular formula is C8H13ClF3N. The van der Waals surface area contributed by atoms with E-state index in [0.717, 1.165) is 12.8 Å². The Morgan fingerprint density at radius 1 is 1.31 bits per heavy atom. The Hall–Kier alpha value is 0.0400. The molecule has 0 bridgehead atoms. The van der Waals surface area contributed by atoms with Crippen LogP contribution in [0, 0.1) is 11.3 Å². The van der Waals surface area contributed by atoms with Crippen LogP contribution in [-0.2, 0) is 0 Å². The third-order valence-electron chi connectivity index (χ3n) is 3.35. The van der Waals surface area contributed by atoms with Gasteiger partial charge in [0.1, 0.15) is 0 Å². The largest absolute Gasteiger partial charge is 0.396 e. The van der Waals surface area contributed by atoms with Crippen LogP contribution in [-0.4, -0.2) is 19.3 Å². The van der Waals surface area contributed by atoms with Crippen molar-refractivity contribution in [3.05, 3.63) is 0 Å². The molecule has 2 rings (SSSR count). The van der Waals surface area contributed by atoms with Gasteiger partial charge in [-0.3, -0.25) is 0 Å². The van der Waals surface area contributed by atoms with Crippen LogP contribution in [0.4, 0.5) is 13.2 Å². The van der Waals surface area contributed by atoms with Crippen LogP contribution in [0.2, 0.25) is 0 Å². The van der Waals surface area contributed by atoms with Gasteiger partial charge in [0.05, 0.1) is 5.41 Å². The molecule has 2 fully saturated rings. The molecule has 0 aromatic rings. The first kappa shape index (κ1) is 11.1. The zero-order valence-corrected chi connectivity index (χ0v) is 7.97. The molecule has 1 aliphatic heterocycles. The molecule has 0 radical (unpaired) electrons. The van der Waals surface area contributed by atoms with Gasteiger partial charge in [-0.2, -0.15) is 13.2 Å². The van der Waals surface area contributed by atoms with Crippen molar-refractivity contribution in [3.63, 3.8) is 0 Å². The van der Waals surface area contributed by atoms with Crippen molar-refractivity contribution in [3.8, 4) is 0 Å². The number of rotatable bonds is 0. The maximum Gasteiger partial charge on any atom is 0.396 e. The fourth-order valence-electron chi connectivity index (χ4n) is 2.62. The molecule has 1 nitrogen and oxygen atoms in total. The predicted molar refractivity (Wildman–Crippen MR) is 45.9 cm³/mol. The quantitative estimate of drug-likeness (QED) is 0.654. The molecule has 1 heterocycles. The molecule has 2 atom stereocenters. The minimum atomic E-state index is -4.00. The van der Waals surface area contributed by atoms with E-state index in [4.69, 9.17) is 0 Å². The van der Waals surface area contributed by atoms with E-state index < -0.39 is 11.6 Å². The Bertz CT molecular complexity index is 182. The average Bonchev–Trinajstić information content (AvgIpc) is 2.37. The summed E-state index contributed by atoms with van der Waals surface area (Å²) in [5.41, 5.74) is -1.37. The van der Waals surface area contributed by atoms with Crippen LogP contribution in [0.1, 0.15) is 19.3 Å². The van der Waals surface area contributed by atoms with Gasteiger partial charge in [-0.25, -0.2) is 0 Å². The smallest absolute Gasteiger partial charge is 0.316 e. The minimum Gasteiger partial charge on any atom is -0.316 e. The van der Waals surface area contributed by atoms with Crippen LogP contribution in [0.5, 0.6) is 0 Å². The molecule has 1 saturated heterocycles. The van der Waals surface area contributed by atoms with Crippen LogP contribution in [0.25, 0.3) is 0 Å². The van der Waals surface area contributed by atoms with Gasteiger partial charge in [0.15, 0.2) is 0 Å². The zero-order valence-electron chi connectivity index (χ0n) is 7.16. The molecule has 0 spiro atoms. The van der Waals surface area contributed by atoms with E-state index in [1.54, 1.807) is 0 Å². The average molecular weight is 216 g/mol. The van der Waals surface area contributed by atoms with Gasteiger partial charge >= 0.3 is 6.18 Å². The van der Waals surface area contributed by atoms with Crippen LogP contribution < -0.4 is 5.32 Å². The Kier molecular flexibility index (Phi) is 2.83. The summed E-state index contributed by atoms with van der Waals surface area (Å²) in [4.78, 5) is 0. The molecule has 0 aromatic carbocycles. The second-order valence-electron chi connectivity index (χ2n) is 3.87.